The minimum absolute atomic E-state index is 0.319. The van der Waals surface area contributed by atoms with Gasteiger partial charge in [-0.3, -0.25) is 0 Å². The van der Waals surface area contributed by atoms with Crippen LogP contribution in [-0.4, -0.2) is 4.98 Å². The van der Waals surface area contributed by atoms with E-state index in [-0.39, 0.29) is 5.82 Å². The van der Waals surface area contributed by atoms with Crippen LogP contribution in [0.15, 0.2) is 18.2 Å². The van der Waals surface area contributed by atoms with Crippen LogP contribution in [0.25, 0.3) is 10.9 Å². The largest absolute Gasteiger partial charge is 0.234 e. The Morgan fingerprint density at radius 1 is 1.31 bits per heavy atom. The number of aryl methyl sites for hydroxylation is 1. The first-order chi connectivity index (χ1) is 7.63. The molecule has 0 fully saturated rings. The van der Waals surface area contributed by atoms with Crippen molar-refractivity contribution in [1.82, 2.24) is 4.98 Å². The zero-order chi connectivity index (χ0) is 11.7. The number of nitrogens with zero attached hydrogens (tertiary/aromatic N) is 1. The molecule has 0 saturated carbocycles. The first-order valence-corrected chi connectivity index (χ1v) is 5.82. The summed E-state index contributed by atoms with van der Waals surface area (Å²) >= 11 is 12.0. The fourth-order valence-corrected chi connectivity index (χ4v) is 2.10. The molecule has 0 radical (unpaired) electrons. The van der Waals surface area contributed by atoms with E-state index in [2.05, 4.69) is 4.98 Å². The van der Waals surface area contributed by atoms with Crippen molar-refractivity contribution >= 4 is 34.1 Å². The van der Waals surface area contributed by atoms with Gasteiger partial charge in [0.15, 0.2) is 0 Å². The molecule has 0 aliphatic carbocycles. The normalized spacial score (nSPS) is 11.0. The third-order valence-corrected chi connectivity index (χ3v) is 3.06. The topological polar surface area (TPSA) is 12.9 Å². The molecule has 4 heteroatoms. The van der Waals surface area contributed by atoms with Crippen molar-refractivity contribution in [2.45, 2.75) is 19.8 Å². The number of rotatable bonds is 2. The highest BCUT2D eigenvalue weighted by molar-refractivity contribution is 6.35. The van der Waals surface area contributed by atoms with Crippen LogP contribution < -0.4 is 0 Å². The van der Waals surface area contributed by atoms with Gasteiger partial charge in [-0.2, -0.15) is 0 Å². The first-order valence-electron chi connectivity index (χ1n) is 5.06. The van der Waals surface area contributed by atoms with Gasteiger partial charge in [0.25, 0.3) is 0 Å². The molecule has 0 aliphatic rings. The van der Waals surface area contributed by atoms with Crippen molar-refractivity contribution in [3.63, 3.8) is 0 Å². The van der Waals surface area contributed by atoms with E-state index >= 15 is 0 Å². The fraction of sp³-hybridized carbons (Fsp3) is 0.250. The van der Waals surface area contributed by atoms with Crippen LogP contribution >= 0.6 is 23.2 Å². The SMILES string of the molecule is CCCc1cc2c(F)ccc(Cl)c2nc1Cl. The van der Waals surface area contributed by atoms with Gasteiger partial charge in [0.1, 0.15) is 11.0 Å². The van der Waals surface area contributed by atoms with Crippen molar-refractivity contribution in [3.8, 4) is 0 Å². The first kappa shape index (κ1) is 11.6. The summed E-state index contributed by atoms with van der Waals surface area (Å²) < 4.78 is 13.6. The summed E-state index contributed by atoms with van der Waals surface area (Å²) in [5.74, 6) is -0.319. The van der Waals surface area contributed by atoms with Crippen LogP contribution in [0.1, 0.15) is 18.9 Å². The lowest BCUT2D eigenvalue weighted by Crippen LogP contribution is -1.92. The zero-order valence-corrected chi connectivity index (χ0v) is 10.2. The van der Waals surface area contributed by atoms with Crippen molar-refractivity contribution in [2.24, 2.45) is 0 Å². The summed E-state index contributed by atoms with van der Waals surface area (Å²) in [6, 6.07) is 4.56. The maximum Gasteiger partial charge on any atom is 0.133 e. The second-order valence-corrected chi connectivity index (χ2v) is 4.38. The third-order valence-electron chi connectivity index (χ3n) is 2.43. The summed E-state index contributed by atoms with van der Waals surface area (Å²) in [6.07, 6.45) is 1.73. The molecule has 84 valence electrons. The Bertz CT molecular complexity index is 540. The van der Waals surface area contributed by atoms with Crippen molar-refractivity contribution in [1.29, 1.82) is 0 Å². The van der Waals surface area contributed by atoms with Gasteiger partial charge in [0, 0.05) is 5.39 Å². The molecule has 2 aromatic rings. The molecule has 0 bridgehead atoms. The monoisotopic (exact) mass is 257 g/mol. The van der Waals surface area contributed by atoms with E-state index in [0.717, 1.165) is 18.4 Å². The zero-order valence-electron chi connectivity index (χ0n) is 8.73. The summed E-state index contributed by atoms with van der Waals surface area (Å²) in [5, 5.41) is 1.25. The fourth-order valence-electron chi connectivity index (χ4n) is 1.66. The highest BCUT2D eigenvalue weighted by Gasteiger charge is 2.10. The molecule has 1 aromatic carbocycles. The Labute approximate surface area is 103 Å². The number of aromatic nitrogens is 1. The lowest BCUT2D eigenvalue weighted by molar-refractivity contribution is 0.639. The predicted molar refractivity (Wildman–Crippen MR) is 65.7 cm³/mol. The highest BCUT2D eigenvalue weighted by atomic mass is 35.5. The Kier molecular flexibility index (Phi) is 3.31. The van der Waals surface area contributed by atoms with E-state index in [0.29, 0.717) is 21.1 Å². The lowest BCUT2D eigenvalue weighted by atomic mass is 10.1. The van der Waals surface area contributed by atoms with Crippen LogP contribution in [0.3, 0.4) is 0 Å². The number of pyridine rings is 1. The van der Waals surface area contributed by atoms with Crippen LogP contribution in [0.5, 0.6) is 0 Å². The predicted octanol–water partition coefficient (Wildman–Crippen LogP) is 4.63. The molecule has 0 amide bonds. The van der Waals surface area contributed by atoms with Crippen LogP contribution in [0, 0.1) is 5.82 Å². The molecule has 1 aromatic heterocycles. The third kappa shape index (κ3) is 2.00. The molecule has 0 aliphatic heterocycles. The average molecular weight is 258 g/mol. The number of hydrogen-bond donors (Lipinski definition) is 0. The number of hydrogen-bond acceptors (Lipinski definition) is 1. The molecule has 2 rings (SSSR count). The smallest absolute Gasteiger partial charge is 0.133 e. The quantitative estimate of drug-likeness (QED) is 0.715. The Balaban J connectivity index is 2.73. The Morgan fingerprint density at radius 2 is 2.06 bits per heavy atom. The summed E-state index contributed by atoms with van der Waals surface area (Å²) in [5.41, 5.74) is 1.28. The van der Waals surface area contributed by atoms with Gasteiger partial charge in [-0.25, -0.2) is 9.37 Å². The van der Waals surface area contributed by atoms with Crippen LogP contribution in [-0.2, 0) is 6.42 Å². The average Bonchev–Trinajstić information content (AvgIpc) is 2.26. The number of benzene rings is 1. The molecule has 0 unspecified atom stereocenters. The van der Waals surface area contributed by atoms with Crippen LogP contribution in [0.4, 0.5) is 4.39 Å². The molecule has 16 heavy (non-hydrogen) atoms. The van der Waals surface area contributed by atoms with Gasteiger partial charge >= 0.3 is 0 Å². The summed E-state index contributed by atoms with van der Waals surface area (Å²) in [6.45, 7) is 2.04. The van der Waals surface area contributed by atoms with E-state index in [1.807, 2.05) is 6.92 Å². The Hall–Kier alpha value is -0.860. The minimum Gasteiger partial charge on any atom is -0.234 e. The highest BCUT2D eigenvalue weighted by Crippen LogP contribution is 2.28. The molecule has 0 N–H and O–H groups in total. The molecule has 1 heterocycles. The van der Waals surface area contributed by atoms with Crippen molar-refractivity contribution < 1.29 is 4.39 Å². The lowest BCUT2D eigenvalue weighted by Gasteiger charge is -2.06. The minimum atomic E-state index is -0.319. The van der Waals surface area contributed by atoms with Gasteiger partial charge in [-0.15, -0.1) is 0 Å². The number of halogens is 3. The molecular weight excluding hydrogens is 248 g/mol. The number of fused-ring (bicyclic) bond motifs is 1. The van der Waals surface area contributed by atoms with Crippen LogP contribution in [0.2, 0.25) is 10.2 Å². The maximum absolute atomic E-state index is 13.6. The second-order valence-electron chi connectivity index (χ2n) is 3.61. The molecule has 0 spiro atoms. The van der Waals surface area contributed by atoms with Gasteiger partial charge in [-0.1, -0.05) is 36.5 Å². The maximum atomic E-state index is 13.6. The molecular formula is C12H10Cl2FN. The van der Waals surface area contributed by atoms with E-state index in [1.54, 1.807) is 6.07 Å². The van der Waals surface area contributed by atoms with E-state index in [9.17, 15) is 4.39 Å². The molecule has 0 atom stereocenters. The molecule has 0 saturated heterocycles. The van der Waals surface area contributed by atoms with Gasteiger partial charge in [0.05, 0.1) is 10.5 Å². The van der Waals surface area contributed by atoms with E-state index < -0.39 is 0 Å². The van der Waals surface area contributed by atoms with Gasteiger partial charge < -0.3 is 0 Å². The van der Waals surface area contributed by atoms with Gasteiger partial charge in [0.2, 0.25) is 0 Å². The molecule has 1 nitrogen and oxygen atoms in total. The van der Waals surface area contributed by atoms with E-state index in [1.165, 1.54) is 12.1 Å². The van der Waals surface area contributed by atoms with Crippen molar-refractivity contribution in [3.05, 3.63) is 39.8 Å². The van der Waals surface area contributed by atoms with Crippen molar-refractivity contribution in [2.75, 3.05) is 0 Å². The van der Waals surface area contributed by atoms with E-state index in [4.69, 9.17) is 23.2 Å². The summed E-state index contributed by atoms with van der Waals surface area (Å²) in [4.78, 5) is 4.15. The second kappa shape index (κ2) is 4.56. The standard InChI is InChI=1S/C12H10Cl2FN/c1-2-3-7-6-8-10(15)5-4-9(13)11(8)16-12(7)14/h4-6H,2-3H2,1H3. The summed E-state index contributed by atoms with van der Waals surface area (Å²) in [7, 11) is 0. The Morgan fingerprint density at radius 3 is 2.75 bits per heavy atom. The van der Waals surface area contributed by atoms with Gasteiger partial charge in [-0.05, 0) is 30.2 Å².